The highest BCUT2D eigenvalue weighted by molar-refractivity contribution is 5.21. The molecule has 0 bridgehead atoms. The molecule has 1 unspecified atom stereocenters. The fraction of sp³-hybridized carbons (Fsp3) is 0.500. The van der Waals surface area contributed by atoms with E-state index in [-0.39, 0.29) is 6.04 Å². The fourth-order valence-corrected chi connectivity index (χ4v) is 1.92. The van der Waals surface area contributed by atoms with E-state index >= 15 is 0 Å². The van der Waals surface area contributed by atoms with Gasteiger partial charge < -0.3 is 0 Å². The van der Waals surface area contributed by atoms with Crippen LogP contribution in [0.5, 0.6) is 0 Å². The average molecular weight is 235 g/mol. The molecule has 0 fully saturated rings. The summed E-state index contributed by atoms with van der Waals surface area (Å²) >= 11 is 0. The van der Waals surface area contributed by atoms with Gasteiger partial charge >= 0.3 is 0 Å². The van der Waals surface area contributed by atoms with E-state index < -0.39 is 0 Å². The van der Waals surface area contributed by atoms with Gasteiger partial charge in [0.25, 0.3) is 0 Å². The van der Waals surface area contributed by atoms with Crippen molar-refractivity contribution < 1.29 is 0 Å². The lowest BCUT2D eigenvalue weighted by Gasteiger charge is -2.13. The molecule has 7 heteroatoms. The molecule has 2 heterocycles. The Morgan fingerprint density at radius 2 is 2.12 bits per heavy atom. The molecular weight excluding hydrogens is 218 g/mol. The van der Waals surface area contributed by atoms with Crippen LogP contribution in [0.4, 0.5) is 0 Å². The molecule has 2 aromatic heterocycles. The van der Waals surface area contributed by atoms with Gasteiger partial charge in [-0.25, -0.2) is 0 Å². The number of rotatable bonds is 4. The van der Waals surface area contributed by atoms with Crippen molar-refractivity contribution in [1.82, 2.24) is 30.2 Å². The van der Waals surface area contributed by atoms with Crippen molar-refractivity contribution in [1.29, 1.82) is 0 Å². The Morgan fingerprint density at radius 3 is 2.59 bits per heavy atom. The maximum absolute atomic E-state index is 5.60. The summed E-state index contributed by atoms with van der Waals surface area (Å²) in [7, 11) is 3.74. The van der Waals surface area contributed by atoms with Crippen LogP contribution in [0.1, 0.15) is 23.0 Å². The van der Waals surface area contributed by atoms with Crippen LogP contribution in [0.25, 0.3) is 0 Å². The van der Waals surface area contributed by atoms with E-state index in [0.29, 0.717) is 6.42 Å². The molecule has 0 aliphatic carbocycles. The topological polar surface area (TPSA) is 86.6 Å². The predicted octanol–water partition coefficient (Wildman–Crippen LogP) is -0.396. The first-order valence-electron chi connectivity index (χ1n) is 5.41. The maximum Gasteiger partial charge on any atom is 0.0846 e. The number of nitrogens with zero attached hydrogens (tertiary/aromatic N) is 5. The minimum Gasteiger partial charge on any atom is -0.275 e. The molecule has 7 nitrogen and oxygen atoms in total. The molecule has 17 heavy (non-hydrogen) atoms. The Morgan fingerprint density at radius 1 is 1.35 bits per heavy atom. The number of aryl methyl sites for hydroxylation is 3. The SMILES string of the molecule is Cc1nn(C)cc1C(Cc1cn(C)nn1)NN. The standard InChI is InChI=1S/C10H17N7/c1-7-9(6-16(2)14-7)10(12-11)4-8-5-17(3)15-13-8/h5-6,10,12H,4,11H2,1-3H3. The van der Waals surface area contributed by atoms with Crippen LogP contribution in [0.3, 0.4) is 0 Å². The van der Waals surface area contributed by atoms with Crippen LogP contribution in [0.2, 0.25) is 0 Å². The number of aromatic nitrogens is 5. The minimum atomic E-state index is 0.000370. The molecule has 0 saturated heterocycles. The monoisotopic (exact) mass is 235 g/mol. The number of hydrogen-bond donors (Lipinski definition) is 2. The Hall–Kier alpha value is -1.73. The third-order valence-electron chi connectivity index (χ3n) is 2.69. The molecule has 0 aliphatic heterocycles. The summed E-state index contributed by atoms with van der Waals surface area (Å²) < 4.78 is 3.46. The summed E-state index contributed by atoms with van der Waals surface area (Å²) in [6, 6.07) is 0.000370. The summed E-state index contributed by atoms with van der Waals surface area (Å²) in [6.07, 6.45) is 4.54. The first-order chi connectivity index (χ1) is 8.10. The zero-order chi connectivity index (χ0) is 12.4. The second-order valence-corrected chi connectivity index (χ2v) is 4.15. The summed E-state index contributed by atoms with van der Waals surface area (Å²) in [5.74, 6) is 5.60. The van der Waals surface area contributed by atoms with Crippen molar-refractivity contribution in [3.8, 4) is 0 Å². The van der Waals surface area contributed by atoms with Gasteiger partial charge in [0.2, 0.25) is 0 Å². The third-order valence-corrected chi connectivity index (χ3v) is 2.69. The summed E-state index contributed by atoms with van der Waals surface area (Å²) in [4.78, 5) is 0. The normalized spacial score (nSPS) is 12.9. The van der Waals surface area contributed by atoms with Crippen molar-refractivity contribution in [2.75, 3.05) is 0 Å². The molecule has 3 N–H and O–H groups in total. The first-order valence-corrected chi connectivity index (χ1v) is 5.41. The fourth-order valence-electron chi connectivity index (χ4n) is 1.92. The molecule has 0 radical (unpaired) electrons. The zero-order valence-electron chi connectivity index (χ0n) is 10.3. The molecule has 2 aromatic rings. The quantitative estimate of drug-likeness (QED) is 0.556. The van der Waals surface area contributed by atoms with Crippen LogP contribution in [0, 0.1) is 6.92 Å². The van der Waals surface area contributed by atoms with Gasteiger partial charge in [-0.3, -0.25) is 20.6 Å². The van der Waals surface area contributed by atoms with Gasteiger partial charge in [-0.1, -0.05) is 5.21 Å². The summed E-state index contributed by atoms with van der Waals surface area (Å²) in [5, 5.41) is 12.3. The highest BCUT2D eigenvalue weighted by Gasteiger charge is 2.17. The smallest absolute Gasteiger partial charge is 0.0846 e. The van der Waals surface area contributed by atoms with Crippen molar-refractivity contribution in [3.63, 3.8) is 0 Å². The van der Waals surface area contributed by atoms with Crippen molar-refractivity contribution in [2.24, 2.45) is 19.9 Å². The molecule has 92 valence electrons. The van der Waals surface area contributed by atoms with Gasteiger partial charge in [-0.2, -0.15) is 5.10 Å². The van der Waals surface area contributed by atoms with Gasteiger partial charge in [0, 0.05) is 38.5 Å². The number of nitrogens with two attached hydrogens (primary N) is 1. The van der Waals surface area contributed by atoms with E-state index in [0.717, 1.165) is 17.0 Å². The summed E-state index contributed by atoms with van der Waals surface area (Å²) in [6.45, 7) is 1.97. The molecule has 0 aromatic carbocycles. The number of nitrogens with one attached hydrogen (secondary N) is 1. The van der Waals surface area contributed by atoms with Gasteiger partial charge in [0.05, 0.1) is 17.4 Å². The second-order valence-electron chi connectivity index (χ2n) is 4.15. The number of hydrogen-bond acceptors (Lipinski definition) is 5. The van der Waals surface area contributed by atoms with Crippen LogP contribution in [0.15, 0.2) is 12.4 Å². The van der Waals surface area contributed by atoms with Crippen LogP contribution in [-0.2, 0) is 20.5 Å². The van der Waals surface area contributed by atoms with Gasteiger partial charge in [0.1, 0.15) is 0 Å². The van der Waals surface area contributed by atoms with Crippen molar-refractivity contribution in [2.45, 2.75) is 19.4 Å². The van der Waals surface area contributed by atoms with Crippen LogP contribution >= 0.6 is 0 Å². The highest BCUT2D eigenvalue weighted by atomic mass is 15.4. The maximum atomic E-state index is 5.60. The van der Waals surface area contributed by atoms with E-state index in [4.69, 9.17) is 5.84 Å². The molecular formula is C10H17N7. The largest absolute Gasteiger partial charge is 0.275 e. The Kier molecular flexibility index (Phi) is 3.21. The molecule has 2 rings (SSSR count). The van der Waals surface area contributed by atoms with Crippen molar-refractivity contribution >= 4 is 0 Å². The minimum absolute atomic E-state index is 0.000370. The molecule has 0 amide bonds. The second kappa shape index (κ2) is 4.64. The van der Waals surface area contributed by atoms with E-state index in [1.54, 1.807) is 9.36 Å². The van der Waals surface area contributed by atoms with Gasteiger partial charge in [-0.15, -0.1) is 5.10 Å². The molecule has 1 atom stereocenters. The Bertz CT molecular complexity index is 498. The Balaban J connectivity index is 2.19. The van der Waals surface area contributed by atoms with Crippen molar-refractivity contribution in [3.05, 3.63) is 29.3 Å². The van der Waals surface area contributed by atoms with Gasteiger partial charge in [0.15, 0.2) is 0 Å². The van der Waals surface area contributed by atoms with E-state index in [2.05, 4.69) is 20.8 Å². The Labute approximate surface area is 99.6 Å². The molecule has 0 saturated carbocycles. The lowest BCUT2D eigenvalue weighted by molar-refractivity contribution is 0.542. The van der Waals surface area contributed by atoms with Crippen LogP contribution < -0.4 is 11.3 Å². The van der Waals surface area contributed by atoms with E-state index in [1.807, 2.05) is 33.4 Å². The predicted molar refractivity (Wildman–Crippen MR) is 62.7 cm³/mol. The lowest BCUT2D eigenvalue weighted by atomic mass is 10.0. The van der Waals surface area contributed by atoms with E-state index in [9.17, 15) is 0 Å². The number of hydrazine groups is 1. The highest BCUT2D eigenvalue weighted by Crippen LogP contribution is 2.19. The van der Waals surface area contributed by atoms with E-state index in [1.165, 1.54) is 0 Å². The lowest BCUT2D eigenvalue weighted by Crippen LogP contribution is -2.30. The van der Waals surface area contributed by atoms with Gasteiger partial charge in [-0.05, 0) is 6.92 Å². The molecule has 0 spiro atoms. The summed E-state index contributed by atoms with van der Waals surface area (Å²) in [5.41, 5.74) is 5.76. The zero-order valence-corrected chi connectivity index (χ0v) is 10.3. The molecule has 0 aliphatic rings. The average Bonchev–Trinajstić information content (AvgIpc) is 2.82. The van der Waals surface area contributed by atoms with Crippen LogP contribution in [-0.4, -0.2) is 24.8 Å². The third kappa shape index (κ3) is 2.51. The first kappa shape index (κ1) is 11.7.